The second kappa shape index (κ2) is 6.59. The van der Waals surface area contributed by atoms with Gasteiger partial charge in [-0.05, 0) is 24.0 Å². The Hall–Kier alpha value is 0.220. The fourth-order valence-electron chi connectivity index (χ4n) is 2.44. The molecular formula is C12H26N2O2S2. The smallest absolute Gasteiger partial charge is 0.211 e. The van der Waals surface area contributed by atoms with Crippen molar-refractivity contribution in [3.05, 3.63) is 0 Å². The number of rotatable bonds is 6. The second-order valence-corrected chi connectivity index (χ2v) is 7.60. The van der Waals surface area contributed by atoms with Gasteiger partial charge in [0.05, 0.1) is 6.26 Å². The molecule has 108 valence electrons. The van der Waals surface area contributed by atoms with Gasteiger partial charge in [0.15, 0.2) is 0 Å². The molecule has 0 aromatic rings. The maximum Gasteiger partial charge on any atom is 0.211 e. The molecule has 4 nitrogen and oxygen atoms in total. The summed E-state index contributed by atoms with van der Waals surface area (Å²) in [6.07, 6.45) is 3.54. The first kappa shape index (κ1) is 16.3. The number of thiol groups is 1. The van der Waals surface area contributed by atoms with Gasteiger partial charge in [0, 0.05) is 32.7 Å². The van der Waals surface area contributed by atoms with Crippen LogP contribution in [-0.2, 0) is 10.0 Å². The molecule has 0 radical (unpaired) electrons. The average molecular weight is 294 g/mol. The van der Waals surface area contributed by atoms with E-state index in [1.165, 1.54) is 6.26 Å². The zero-order chi connectivity index (χ0) is 13.8. The van der Waals surface area contributed by atoms with E-state index in [-0.39, 0.29) is 5.41 Å². The summed E-state index contributed by atoms with van der Waals surface area (Å²) in [5.41, 5.74) is 0.274. The van der Waals surface area contributed by atoms with Crippen molar-refractivity contribution in [2.75, 3.05) is 44.7 Å². The molecule has 0 bridgehead atoms. The van der Waals surface area contributed by atoms with Crippen molar-refractivity contribution in [3.63, 3.8) is 0 Å². The topological polar surface area (TPSA) is 40.6 Å². The number of hydrogen-bond acceptors (Lipinski definition) is 4. The Kier molecular flexibility index (Phi) is 5.96. The molecule has 1 fully saturated rings. The Bertz CT molecular complexity index is 337. The van der Waals surface area contributed by atoms with Crippen molar-refractivity contribution in [1.82, 2.24) is 9.21 Å². The van der Waals surface area contributed by atoms with E-state index in [0.717, 1.165) is 38.2 Å². The van der Waals surface area contributed by atoms with Crippen LogP contribution in [0.5, 0.6) is 0 Å². The third-order valence-electron chi connectivity index (χ3n) is 4.19. The Morgan fingerprint density at radius 1 is 1.11 bits per heavy atom. The molecule has 0 aliphatic carbocycles. The highest BCUT2D eigenvalue weighted by Crippen LogP contribution is 2.29. The largest absolute Gasteiger partial charge is 0.300 e. The minimum Gasteiger partial charge on any atom is -0.300 e. The van der Waals surface area contributed by atoms with Crippen LogP contribution >= 0.6 is 12.6 Å². The minimum atomic E-state index is -3.02. The summed E-state index contributed by atoms with van der Waals surface area (Å²) < 4.78 is 24.5. The van der Waals surface area contributed by atoms with Crippen molar-refractivity contribution in [3.8, 4) is 0 Å². The van der Waals surface area contributed by atoms with Gasteiger partial charge in [-0.2, -0.15) is 16.9 Å². The molecular weight excluding hydrogens is 268 g/mol. The van der Waals surface area contributed by atoms with Gasteiger partial charge in [-0.15, -0.1) is 0 Å². The van der Waals surface area contributed by atoms with E-state index in [2.05, 4.69) is 31.4 Å². The van der Waals surface area contributed by atoms with E-state index < -0.39 is 10.0 Å². The van der Waals surface area contributed by atoms with Gasteiger partial charge in [-0.25, -0.2) is 8.42 Å². The monoisotopic (exact) mass is 294 g/mol. The lowest BCUT2D eigenvalue weighted by Crippen LogP contribution is -2.51. The van der Waals surface area contributed by atoms with Crippen molar-refractivity contribution in [1.29, 1.82) is 0 Å². The van der Waals surface area contributed by atoms with Crippen molar-refractivity contribution < 1.29 is 8.42 Å². The van der Waals surface area contributed by atoms with E-state index in [0.29, 0.717) is 13.1 Å². The molecule has 0 N–H and O–H groups in total. The molecule has 0 saturated carbocycles. The molecule has 1 heterocycles. The molecule has 0 amide bonds. The van der Waals surface area contributed by atoms with Crippen LogP contribution < -0.4 is 0 Å². The molecule has 0 aromatic heterocycles. The summed E-state index contributed by atoms with van der Waals surface area (Å²) in [6, 6.07) is 0. The molecule has 1 aliphatic rings. The lowest BCUT2D eigenvalue weighted by Gasteiger charge is -2.40. The molecule has 6 heteroatoms. The maximum atomic E-state index is 11.4. The average Bonchev–Trinajstić information content (AvgIpc) is 2.36. The predicted molar refractivity (Wildman–Crippen MR) is 79.7 cm³/mol. The Labute approximate surface area is 117 Å². The first-order valence-electron chi connectivity index (χ1n) is 6.65. The number of hydrogen-bond donors (Lipinski definition) is 1. The number of sulfonamides is 1. The summed E-state index contributed by atoms with van der Waals surface area (Å²) in [5.74, 6) is 0.895. The van der Waals surface area contributed by atoms with E-state index >= 15 is 0 Å². The van der Waals surface area contributed by atoms with Crippen LogP contribution in [-0.4, -0.2) is 62.4 Å². The summed E-state index contributed by atoms with van der Waals surface area (Å²) in [6.45, 7) is 8.37. The molecule has 0 atom stereocenters. The zero-order valence-corrected chi connectivity index (χ0v) is 13.4. The molecule has 18 heavy (non-hydrogen) atoms. The van der Waals surface area contributed by atoms with Gasteiger partial charge >= 0.3 is 0 Å². The predicted octanol–water partition coefficient (Wildman–Crippen LogP) is 1.30. The third-order valence-corrected chi connectivity index (χ3v) is 6.17. The fourth-order valence-corrected chi connectivity index (χ4v) is 3.81. The van der Waals surface area contributed by atoms with E-state index in [9.17, 15) is 8.42 Å². The quantitative estimate of drug-likeness (QED) is 0.751. The number of nitrogens with zero attached hydrogens (tertiary/aromatic N) is 2. The van der Waals surface area contributed by atoms with Gasteiger partial charge in [-0.1, -0.05) is 13.8 Å². The highest BCUT2D eigenvalue weighted by atomic mass is 32.2. The molecule has 0 spiro atoms. The van der Waals surface area contributed by atoms with Gasteiger partial charge in [-0.3, -0.25) is 0 Å². The summed E-state index contributed by atoms with van der Waals surface area (Å²) in [5, 5.41) is 0. The zero-order valence-electron chi connectivity index (χ0n) is 11.7. The Morgan fingerprint density at radius 3 is 1.94 bits per heavy atom. The molecule has 1 rings (SSSR count). The second-order valence-electron chi connectivity index (χ2n) is 5.30. The van der Waals surface area contributed by atoms with Crippen LogP contribution in [0.4, 0.5) is 0 Å². The first-order valence-corrected chi connectivity index (χ1v) is 9.13. The standard InChI is InChI=1S/C12H26N2O2S2/c1-4-12(5-2,11-17)10-13-6-8-14(9-7-13)18(3,15)16/h17H,4-11H2,1-3H3. The fraction of sp³-hybridized carbons (Fsp3) is 1.00. The van der Waals surface area contributed by atoms with Crippen molar-refractivity contribution in [2.45, 2.75) is 26.7 Å². The highest BCUT2D eigenvalue weighted by Gasteiger charge is 2.30. The lowest BCUT2D eigenvalue weighted by atomic mass is 9.83. The van der Waals surface area contributed by atoms with Crippen LogP contribution in [0.15, 0.2) is 0 Å². The Balaban J connectivity index is 2.53. The lowest BCUT2D eigenvalue weighted by molar-refractivity contribution is 0.120. The van der Waals surface area contributed by atoms with Gasteiger partial charge in [0.25, 0.3) is 0 Å². The van der Waals surface area contributed by atoms with Gasteiger partial charge in [0.2, 0.25) is 10.0 Å². The molecule has 1 aliphatic heterocycles. The third kappa shape index (κ3) is 4.11. The van der Waals surface area contributed by atoms with Crippen molar-refractivity contribution in [2.24, 2.45) is 5.41 Å². The van der Waals surface area contributed by atoms with Gasteiger partial charge in [0.1, 0.15) is 0 Å². The summed E-state index contributed by atoms with van der Waals surface area (Å²) in [7, 11) is -3.02. The Morgan fingerprint density at radius 2 is 1.61 bits per heavy atom. The molecule has 1 saturated heterocycles. The maximum absolute atomic E-state index is 11.4. The molecule has 0 unspecified atom stereocenters. The van der Waals surface area contributed by atoms with Crippen LogP contribution in [0.25, 0.3) is 0 Å². The minimum absolute atomic E-state index is 0.274. The van der Waals surface area contributed by atoms with E-state index in [1.807, 2.05) is 0 Å². The van der Waals surface area contributed by atoms with Crippen LogP contribution in [0.3, 0.4) is 0 Å². The van der Waals surface area contributed by atoms with Crippen LogP contribution in [0.2, 0.25) is 0 Å². The van der Waals surface area contributed by atoms with E-state index in [1.54, 1.807) is 4.31 Å². The molecule has 0 aromatic carbocycles. The van der Waals surface area contributed by atoms with Crippen LogP contribution in [0, 0.1) is 5.41 Å². The number of piperazine rings is 1. The van der Waals surface area contributed by atoms with Gasteiger partial charge < -0.3 is 4.90 Å². The SMILES string of the molecule is CCC(CC)(CS)CN1CCN(S(C)(=O)=O)CC1. The van der Waals surface area contributed by atoms with Crippen molar-refractivity contribution >= 4 is 22.7 Å². The summed E-state index contributed by atoms with van der Waals surface area (Å²) >= 11 is 4.49. The normalized spacial score (nSPS) is 20.2. The van der Waals surface area contributed by atoms with E-state index in [4.69, 9.17) is 0 Å². The summed E-state index contributed by atoms with van der Waals surface area (Å²) in [4.78, 5) is 2.38. The first-order chi connectivity index (χ1) is 8.37. The van der Waals surface area contributed by atoms with Crippen LogP contribution in [0.1, 0.15) is 26.7 Å². The highest BCUT2D eigenvalue weighted by molar-refractivity contribution is 7.88.